The molecule has 26 heavy (non-hydrogen) atoms. The second kappa shape index (κ2) is 8.72. The van der Waals surface area contributed by atoms with Gasteiger partial charge < -0.3 is 15.4 Å². The molecule has 0 aliphatic heterocycles. The Balaban J connectivity index is 1.93. The summed E-state index contributed by atoms with van der Waals surface area (Å²) in [5, 5.41) is 6.23. The summed E-state index contributed by atoms with van der Waals surface area (Å²) in [6.45, 7) is 3.82. The van der Waals surface area contributed by atoms with E-state index in [1.807, 2.05) is 36.4 Å². The third-order valence-electron chi connectivity index (χ3n) is 4.13. The van der Waals surface area contributed by atoms with Gasteiger partial charge in [0.1, 0.15) is 11.2 Å². The van der Waals surface area contributed by atoms with Crippen LogP contribution in [0.25, 0.3) is 0 Å². The van der Waals surface area contributed by atoms with Gasteiger partial charge in [-0.15, -0.1) is 0 Å². The second-order valence-electron chi connectivity index (χ2n) is 6.43. The summed E-state index contributed by atoms with van der Waals surface area (Å²) < 4.78 is 5.27. The van der Waals surface area contributed by atoms with E-state index in [-0.39, 0.29) is 18.4 Å². The summed E-state index contributed by atoms with van der Waals surface area (Å²) in [7, 11) is 1.58. The first-order valence-electron chi connectivity index (χ1n) is 8.27. The molecular weight excluding hydrogens is 352 g/mol. The minimum atomic E-state index is -1.20. The number of benzene rings is 2. The van der Waals surface area contributed by atoms with Gasteiger partial charge in [0.05, 0.1) is 7.11 Å². The Kier molecular flexibility index (Phi) is 6.64. The third kappa shape index (κ3) is 4.99. The quantitative estimate of drug-likeness (QED) is 0.730. The molecule has 0 unspecified atom stereocenters. The molecule has 0 spiro atoms. The largest absolute Gasteiger partial charge is 0.496 e. The van der Waals surface area contributed by atoms with Crippen LogP contribution in [-0.4, -0.2) is 18.9 Å². The molecule has 2 N–H and O–H groups in total. The first kappa shape index (κ1) is 19.8. The highest BCUT2D eigenvalue weighted by Crippen LogP contribution is 2.19. The third-order valence-corrected chi connectivity index (χ3v) is 4.39. The lowest BCUT2D eigenvalue weighted by molar-refractivity contribution is -0.141. The normalized spacial score (nSPS) is 10.9. The van der Waals surface area contributed by atoms with E-state index in [4.69, 9.17) is 16.3 Å². The van der Waals surface area contributed by atoms with Gasteiger partial charge in [-0.3, -0.25) is 9.59 Å². The Morgan fingerprint density at radius 1 is 0.962 bits per heavy atom. The summed E-state index contributed by atoms with van der Waals surface area (Å²) in [6.07, 6.45) is 0. The van der Waals surface area contributed by atoms with Crippen LogP contribution in [0.4, 0.5) is 0 Å². The molecule has 0 bridgehead atoms. The lowest BCUT2D eigenvalue weighted by atomic mass is 9.91. The van der Waals surface area contributed by atoms with Crippen LogP contribution < -0.4 is 15.4 Å². The number of hydrogen-bond donors (Lipinski definition) is 2. The Hall–Kier alpha value is -2.53. The first-order chi connectivity index (χ1) is 12.3. The zero-order valence-electron chi connectivity index (χ0n) is 15.1. The van der Waals surface area contributed by atoms with Gasteiger partial charge in [-0.05, 0) is 37.6 Å². The van der Waals surface area contributed by atoms with Crippen LogP contribution in [0.5, 0.6) is 5.75 Å². The zero-order chi connectivity index (χ0) is 19.2. The van der Waals surface area contributed by atoms with E-state index >= 15 is 0 Å². The fourth-order valence-corrected chi connectivity index (χ4v) is 2.48. The number of para-hydroxylation sites is 1. The molecule has 138 valence electrons. The molecule has 2 aromatic carbocycles. The fourth-order valence-electron chi connectivity index (χ4n) is 2.35. The van der Waals surface area contributed by atoms with Crippen LogP contribution in [0.15, 0.2) is 48.5 Å². The topological polar surface area (TPSA) is 67.4 Å². The average Bonchev–Trinajstić information content (AvgIpc) is 2.65. The van der Waals surface area contributed by atoms with E-state index in [0.29, 0.717) is 17.3 Å². The number of ether oxygens (including phenoxy) is 1. The number of amides is 2. The summed E-state index contributed by atoms with van der Waals surface area (Å²) in [4.78, 5) is 25.0. The number of hydrogen-bond acceptors (Lipinski definition) is 3. The molecule has 0 radical (unpaired) electrons. The fraction of sp³-hybridized carbons (Fsp3) is 0.300. The van der Waals surface area contributed by atoms with Crippen molar-refractivity contribution >= 4 is 23.4 Å². The molecule has 0 atom stereocenters. The molecule has 0 fully saturated rings. The van der Waals surface area contributed by atoms with Crippen molar-refractivity contribution in [2.24, 2.45) is 5.41 Å². The zero-order valence-corrected chi connectivity index (χ0v) is 15.9. The molecule has 2 rings (SSSR count). The van der Waals surface area contributed by atoms with Crippen LogP contribution in [0.3, 0.4) is 0 Å². The van der Waals surface area contributed by atoms with E-state index in [1.165, 1.54) is 0 Å². The number of halogens is 1. The van der Waals surface area contributed by atoms with E-state index in [0.717, 1.165) is 11.1 Å². The van der Waals surface area contributed by atoms with E-state index < -0.39 is 5.41 Å². The van der Waals surface area contributed by atoms with Crippen molar-refractivity contribution in [3.8, 4) is 5.75 Å². The molecule has 0 saturated heterocycles. The molecule has 0 heterocycles. The lowest BCUT2D eigenvalue weighted by Gasteiger charge is -2.23. The molecular formula is C20H23ClN2O3. The summed E-state index contributed by atoms with van der Waals surface area (Å²) >= 11 is 5.85. The van der Waals surface area contributed by atoms with Crippen LogP contribution in [-0.2, 0) is 22.7 Å². The maximum atomic E-state index is 12.5. The van der Waals surface area contributed by atoms with Crippen LogP contribution in [0.1, 0.15) is 25.0 Å². The average molecular weight is 375 g/mol. The van der Waals surface area contributed by atoms with Gasteiger partial charge in [0.25, 0.3) is 0 Å². The molecule has 2 aromatic rings. The van der Waals surface area contributed by atoms with Gasteiger partial charge in [-0.2, -0.15) is 0 Å². The highest BCUT2D eigenvalue weighted by Gasteiger charge is 2.35. The number of carbonyl (C=O) groups is 2. The monoisotopic (exact) mass is 374 g/mol. The smallest absolute Gasteiger partial charge is 0.235 e. The summed E-state index contributed by atoms with van der Waals surface area (Å²) in [5.41, 5.74) is 0.558. The lowest BCUT2D eigenvalue weighted by Crippen LogP contribution is -2.47. The van der Waals surface area contributed by atoms with Gasteiger partial charge in [-0.1, -0.05) is 41.9 Å². The van der Waals surface area contributed by atoms with Crippen molar-refractivity contribution in [3.05, 3.63) is 64.7 Å². The molecule has 2 amide bonds. The highest BCUT2D eigenvalue weighted by atomic mass is 35.5. The van der Waals surface area contributed by atoms with E-state index in [9.17, 15) is 9.59 Å². The molecule has 0 saturated carbocycles. The summed E-state index contributed by atoms with van der Waals surface area (Å²) in [5.74, 6) is -0.000199. The van der Waals surface area contributed by atoms with Crippen molar-refractivity contribution in [2.75, 3.05) is 7.11 Å². The predicted molar refractivity (Wildman–Crippen MR) is 102 cm³/mol. The maximum absolute atomic E-state index is 12.5. The summed E-state index contributed by atoms with van der Waals surface area (Å²) in [6, 6.07) is 14.6. The van der Waals surface area contributed by atoms with Gasteiger partial charge in [0, 0.05) is 23.7 Å². The van der Waals surface area contributed by atoms with Gasteiger partial charge in [0.15, 0.2) is 0 Å². The molecule has 6 heteroatoms. The molecule has 0 aromatic heterocycles. The minimum absolute atomic E-state index is 0.288. The Bertz CT molecular complexity index is 773. The van der Waals surface area contributed by atoms with E-state index in [1.54, 1.807) is 33.1 Å². The minimum Gasteiger partial charge on any atom is -0.496 e. The number of nitrogens with one attached hydrogen (secondary N) is 2. The van der Waals surface area contributed by atoms with Gasteiger partial charge in [-0.25, -0.2) is 0 Å². The van der Waals surface area contributed by atoms with Crippen molar-refractivity contribution in [1.82, 2.24) is 10.6 Å². The van der Waals surface area contributed by atoms with E-state index in [2.05, 4.69) is 10.6 Å². The highest BCUT2D eigenvalue weighted by molar-refractivity contribution is 6.30. The number of methoxy groups -OCH3 is 1. The maximum Gasteiger partial charge on any atom is 0.235 e. The first-order valence-corrected chi connectivity index (χ1v) is 8.65. The van der Waals surface area contributed by atoms with Crippen molar-refractivity contribution in [3.63, 3.8) is 0 Å². The van der Waals surface area contributed by atoms with Crippen molar-refractivity contribution in [2.45, 2.75) is 26.9 Å². The van der Waals surface area contributed by atoms with Crippen LogP contribution >= 0.6 is 11.6 Å². The standard InChI is InChI=1S/C20H23ClN2O3/c1-20(2,18(24)22-12-14-8-10-16(21)11-9-14)19(25)23-13-15-6-4-5-7-17(15)26-3/h4-11H,12-13H2,1-3H3,(H,22,24)(H,23,25). The second-order valence-corrected chi connectivity index (χ2v) is 6.87. The Morgan fingerprint density at radius 3 is 2.15 bits per heavy atom. The molecule has 5 nitrogen and oxygen atoms in total. The Morgan fingerprint density at radius 2 is 1.54 bits per heavy atom. The molecule has 0 aliphatic rings. The van der Waals surface area contributed by atoms with Gasteiger partial charge in [0.2, 0.25) is 11.8 Å². The van der Waals surface area contributed by atoms with Crippen LogP contribution in [0.2, 0.25) is 5.02 Å². The van der Waals surface area contributed by atoms with Crippen LogP contribution in [0, 0.1) is 5.41 Å². The van der Waals surface area contributed by atoms with Crippen molar-refractivity contribution in [1.29, 1.82) is 0 Å². The van der Waals surface area contributed by atoms with Gasteiger partial charge >= 0.3 is 0 Å². The SMILES string of the molecule is COc1ccccc1CNC(=O)C(C)(C)C(=O)NCc1ccc(Cl)cc1. The number of carbonyl (C=O) groups excluding carboxylic acids is 2. The molecule has 0 aliphatic carbocycles. The Labute approximate surface area is 158 Å². The predicted octanol–water partition coefficient (Wildman–Crippen LogP) is 3.31. The number of rotatable bonds is 7. The van der Waals surface area contributed by atoms with Crippen molar-refractivity contribution < 1.29 is 14.3 Å².